The number of hydrogen-bond donors (Lipinski definition) is 0. The number of carbonyl (C=O) groups is 2. The van der Waals surface area contributed by atoms with Gasteiger partial charge in [-0.15, -0.1) is 0 Å². The molecule has 0 radical (unpaired) electrons. The summed E-state index contributed by atoms with van der Waals surface area (Å²) in [5.41, 5.74) is -0.308. The molecule has 6 heteroatoms. The minimum absolute atomic E-state index is 0.0289. The Balaban J connectivity index is 1.71. The topological polar surface area (TPSA) is 80.5 Å². The monoisotopic (exact) mass is 362 g/mol. The van der Waals surface area contributed by atoms with Gasteiger partial charge >= 0.3 is 0 Å². The van der Waals surface area contributed by atoms with Crippen molar-refractivity contribution < 1.29 is 14.5 Å². The lowest BCUT2D eigenvalue weighted by atomic mass is 9.55. The summed E-state index contributed by atoms with van der Waals surface area (Å²) in [6, 6.07) is 9.79. The highest BCUT2D eigenvalue weighted by atomic mass is 16.6. The molecule has 1 heterocycles. The molecule has 6 rings (SSSR count). The van der Waals surface area contributed by atoms with Gasteiger partial charge < -0.3 is 0 Å². The van der Waals surface area contributed by atoms with Crippen LogP contribution >= 0.6 is 0 Å². The van der Waals surface area contributed by atoms with Crippen LogP contribution in [0.25, 0.3) is 10.8 Å². The van der Waals surface area contributed by atoms with Crippen LogP contribution in [-0.2, 0) is 9.59 Å². The van der Waals surface area contributed by atoms with Crippen molar-refractivity contribution in [2.45, 2.75) is 19.8 Å². The number of benzene rings is 2. The number of non-ortho nitro benzene ring substituents is 1. The van der Waals surface area contributed by atoms with E-state index in [-0.39, 0.29) is 35.3 Å². The van der Waals surface area contributed by atoms with Crippen LogP contribution in [-0.4, -0.2) is 16.7 Å². The Kier molecular flexibility index (Phi) is 3.15. The number of nitro benzene ring substituents is 1. The molecule has 6 nitrogen and oxygen atoms in total. The van der Waals surface area contributed by atoms with E-state index in [4.69, 9.17) is 0 Å². The number of nitrogens with zero attached hydrogens (tertiary/aromatic N) is 2. The van der Waals surface area contributed by atoms with Gasteiger partial charge in [-0.05, 0) is 43.7 Å². The van der Waals surface area contributed by atoms with Crippen molar-refractivity contribution in [3.8, 4) is 0 Å². The standard InChI is InChI=1S/C21H18N2O4/c1-21-13-8-6-12(7-9-13)18(21)19(24)22(20(21)25)16-10-11-17(23(26)27)15-5-3-2-4-14(15)16/h2-6,8,10-13,18H,7,9H2,1H3/t12-,13+,18+,21+/m0/s1. The van der Waals surface area contributed by atoms with Gasteiger partial charge in [-0.2, -0.15) is 0 Å². The molecule has 0 spiro atoms. The minimum atomic E-state index is -0.725. The quantitative estimate of drug-likeness (QED) is 0.352. The van der Waals surface area contributed by atoms with Gasteiger partial charge in [0.15, 0.2) is 0 Å². The summed E-state index contributed by atoms with van der Waals surface area (Å²) in [6.45, 7) is 1.91. The lowest BCUT2D eigenvalue weighted by Crippen LogP contribution is -2.47. The number of anilines is 1. The summed E-state index contributed by atoms with van der Waals surface area (Å²) in [4.78, 5) is 39.0. The van der Waals surface area contributed by atoms with Crippen molar-refractivity contribution in [1.82, 2.24) is 0 Å². The normalized spacial score (nSPS) is 31.6. The van der Waals surface area contributed by atoms with Crippen molar-refractivity contribution in [1.29, 1.82) is 0 Å². The lowest BCUT2D eigenvalue weighted by molar-refractivity contribution is -0.383. The summed E-state index contributed by atoms with van der Waals surface area (Å²) in [6.07, 6.45) is 6.02. The van der Waals surface area contributed by atoms with E-state index in [0.29, 0.717) is 16.5 Å². The van der Waals surface area contributed by atoms with Crippen LogP contribution in [0.4, 0.5) is 11.4 Å². The summed E-state index contributed by atoms with van der Waals surface area (Å²) in [7, 11) is 0. The fourth-order valence-corrected chi connectivity index (χ4v) is 5.36. The highest BCUT2D eigenvalue weighted by Gasteiger charge is 2.64. The molecule has 0 N–H and O–H groups in total. The lowest BCUT2D eigenvalue weighted by Gasteiger charge is -2.45. The largest absolute Gasteiger partial charge is 0.277 e. The van der Waals surface area contributed by atoms with Crippen LogP contribution in [0.1, 0.15) is 19.8 Å². The molecule has 4 atom stereocenters. The molecular formula is C21H18N2O4. The van der Waals surface area contributed by atoms with E-state index < -0.39 is 10.3 Å². The third-order valence-corrected chi connectivity index (χ3v) is 6.71. The maximum absolute atomic E-state index is 13.5. The van der Waals surface area contributed by atoms with Crippen LogP contribution in [0.15, 0.2) is 48.6 Å². The van der Waals surface area contributed by atoms with E-state index in [1.807, 2.05) is 6.92 Å². The molecule has 0 unspecified atom stereocenters. The molecule has 1 aliphatic heterocycles. The van der Waals surface area contributed by atoms with E-state index in [2.05, 4.69) is 12.2 Å². The van der Waals surface area contributed by atoms with E-state index in [1.165, 1.54) is 17.0 Å². The van der Waals surface area contributed by atoms with Gasteiger partial charge in [0, 0.05) is 11.5 Å². The fourth-order valence-electron chi connectivity index (χ4n) is 5.36. The summed E-state index contributed by atoms with van der Waals surface area (Å²) in [5.74, 6) is -0.553. The smallest absolute Gasteiger partial charge is 0.274 e. The number of imide groups is 1. The third-order valence-electron chi connectivity index (χ3n) is 6.71. The SMILES string of the molecule is C[C@]12C(=O)N(c3ccc([N+](=O)[O-])c4ccccc34)C(=O)[C@H]1[C@H]1C=C[C@@H]2CC1. The van der Waals surface area contributed by atoms with Crippen molar-refractivity contribution in [3.63, 3.8) is 0 Å². The Morgan fingerprint density at radius 3 is 2.44 bits per heavy atom. The summed E-state index contributed by atoms with van der Waals surface area (Å²) in [5, 5.41) is 12.4. The average molecular weight is 362 g/mol. The van der Waals surface area contributed by atoms with E-state index in [9.17, 15) is 19.7 Å². The van der Waals surface area contributed by atoms with Crippen molar-refractivity contribution in [3.05, 3.63) is 58.7 Å². The van der Waals surface area contributed by atoms with Gasteiger partial charge in [0.25, 0.3) is 5.69 Å². The second-order valence-corrected chi connectivity index (χ2v) is 7.88. The molecule has 2 aromatic carbocycles. The Labute approximate surface area is 155 Å². The van der Waals surface area contributed by atoms with Crippen LogP contribution in [0.2, 0.25) is 0 Å². The van der Waals surface area contributed by atoms with Gasteiger partial charge in [-0.3, -0.25) is 19.7 Å². The maximum atomic E-state index is 13.5. The summed E-state index contributed by atoms with van der Waals surface area (Å²) >= 11 is 0. The zero-order valence-electron chi connectivity index (χ0n) is 14.8. The van der Waals surface area contributed by atoms with Crippen LogP contribution in [0.3, 0.4) is 0 Å². The molecule has 1 saturated heterocycles. The zero-order valence-corrected chi connectivity index (χ0v) is 14.8. The number of fused-ring (bicyclic) bond motifs is 2. The number of hydrogen-bond acceptors (Lipinski definition) is 4. The highest BCUT2D eigenvalue weighted by Crippen LogP contribution is 2.58. The highest BCUT2D eigenvalue weighted by molar-refractivity contribution is 6.27. The van der Waals surface area contributed by atoms with Crippen LogP contribution in [0, 0.1) is 33.3 Å². The molecule has 2 amide bonds. The molecule has 2 fully saturated rings. The first-order chi connectivity index (χ1) is 12.9. The van der Waals surface area contributed by atoms with E-state index in [0.717, 1.165) is 12.8 Å². The van der Waals surface area contributed by atoms with E-state index >= 15 is 0 Å². The molecule has 3 aliphatic carbocycles. The zero-order chi connectivity index (χ0) is 18.9. The van der Waals surface area contributed by atoms with Crippen LogP contribution < -0.4 is 4.90 Å². The molecule has 4 aliphatic rings. The molecule has 27 heavy (non-hydrogen) atoms. The number of rotatable bonds is 2. The van der Waals surface area contributed by atoms with Crippen LogP contribution in [0.5, 0.6) is 0 Å². The Morgan fingerprint density at radius 1 is 1.07 bits per heavy atom. The molecule has 136 valence electrons. The third kappa shape index (κ3) is 1.90. The number of carbonyl (C=O) groups excluding carboxylic acids is 2. The molecule has 1 saturated carbocycles. The fraction of sp³-hybridized carbons (Fsp3) is 0.333. The first-order valence-electron chi connectivity index (χ1n) is 9.17. The number of allylic oxidation sites excluding steroid dienone is 2. The van der Waals surface area contributed by atoms with Crippen molar-refractivity contribution in [2.75, 3.05) is 4.90 Å². The second kappa shape index (κ2) is 5.25. The average Bonchev–Trinajstić information content (AvgIpc) is 2.89. The van der Waals surface area contributed by atoms with E-state index in [1.54, 1.807) is 24.3 Å². The Bertz CT molecular complexity index is 1060. The van der Waals surface area contributed by atoms with Gasteiger partial charge in [0.05, 0.1) is 27.3 Å². The predicted molar refractivity (Wildman–Crippen MR) is 100 cm³/mol. The number of nitro groups is 1. The predicted octanol–water partition coefficient (Wildman–Crippen LogP) is 3.84. The first-order valence-corrected chi connectivity index (χ1v) is 9.17. The Morgan fingerprint density at radius 2 is 1.81 bits per heavy atom. The maximum Gasteiger partial charge on any atom is 0.277 e. The Hall–Kier alpha value is -3.02. The molecule has 2 aromatic rings. The number of amides is 2. The van der Waals surface area contributed by atoms with Crippen molar-refractivity contribution >= 4 is 34.0 Å². The molecule has 2 bridgehead atoms. The van der Waals surface area contributed by atoms with Crippen molar-refractivity contribution in [2.24, 2.45) is 23.2 Å². The minimum Gasteiger partial charge on any atom is -0.274 e. The van der Waals surface area contributed by atoms with Gasteiger partial charge in [0.2, 0.25) is 11.8 Å². The molecular weight excluding hydrogens is 344 g/mol. The van der Waals surface area contributed by atoms with Gasteiger partial charge in [0.1, 0.15) is 0 Å². The first kappa shape index (κ1) is 16.2. The summed E-state index contributed by atoms with van der Waals surface area (Å²) < 4.78 is 0. The molecule has 0 aromatic heterocycles. The second-order valence-electron chi connectivity index (χ2n) is 7.88. The van der Waals surface area contributed by atoms with Gasteiger partial charge in [-0.1, -0.05) is 30.4 Å². The van der Waals surface area contributed by atoms with Gasteiger partial charge in [-0.25, -0.2) is 4.90 Å².